The van der Waals surface area contributed by atoms with Crippen molar-refractivity contribution in [2.75, 3.05) is 6.26 Å². The van der Waals surface area contributed by atoms with E-state index in [2.05, 4.69) is 4.98 Å². The summed E-state index contributed by atoms with van der Waals surface area (Å²) in [5, 5.41) is 13.4. The van der Waals surface area contributed by atoms with Crippen LogP contribution in [-0.2, 0) is 9.84 Å². The maximum atomic E-state index is 11.6. The number of fused-ring (bicyclic) bond motifs is 1. The van der Waals surface area contributed by atoms with Crippen LogP contribution in [0.1, 0.15) is 16.7 Å². The molecular formula is C19H16N2O3S2. The van der Waals surface area contributed by atoms with Gasteiger partial charge in [-0.15, -0.1) is 11.3 Å². The third-order valence-corrected chi connectivity index (χ3v) is 6.25. The van der Waals surface area contributed by atoms with E-state index < -0.39 is 15.9 Å². The molecule has 4 rings (SSSR count). The molecule has 0 aliphatic heterocycles. The van der Waals surface area contributed by atoms with E-state index in [9.17, 15) is 13.5 Å². The molecule has 1 aromatic carbocycles. The SMILES string of the molecule is CS(=O)(=O)c1ccc(-n2ccc3ccc(C(O)c4cccs4)nc32)cc1. The van der Waals surface area contributed by atoms with Gasteiger partial charge in [0.25, 0.3) is 0 Å². The van der Waals surface area contributed by atoms with Gasteiger partial charge in [0, 0.05) is 28.4 Å². The summed E-state index contributed by atoms with van der Waals surface area (Å²) in [6.45, 7) is 0. The number of aromatic nitrogens is 2. The van der Waals surface area contributed by atoms with Gasteiger partial charge in [0.2, 0.25) is 0 Å². The minimum atomic E-state index is -3.23. The molecule has 0 saturated carbocycles. The van der Waals surface area contributed by atoms with Crippen LogP contribution < -0.4 is 0 Å². The second-order valence-corrected chi connectivity index (χ2v) is 9.01. The Morgan fingerprint density at radius 2 is 1.85 bits per heavy atom. The lowest BCUT2D eigenvalue weighted by atomic mass is 10.2. The van der Waals surface area contributed by atoms with E-state index in [1.54, 1.807) is 24.3 Å². The van der Waals surface area contributed by atoms with E-state index in [1.807, 2.05) is 46.5 Å². The molecule has 0 aliphatic rings. The zero-order valence-corrected chi connectivity index (χ0v) is 15.5. The fourth-order valence-corrected chi connectivity index (χ4v) is 4.18. The molecule has 0 aliphatic carbocycles. The second kappa shape index (κ2) is 6.35. The molecular weight excluding hydrogens is 368 g/mol. The van der Waals surface area contributed by atoms with Crippen LogP contribution in [0, 0.1) is 0 Å². The summed E-state index contributed by atoms with van der Waals surface area (Å²) in [6.07, 6.45) is 2.30. The first-order valence-electron chi connectivity index (χ1n) is 7.93. The number of rotatable bonds is 4. The van der Waals surface area contributed by atoms with Gasteiger partial charge in [-0.3, -0.25) is 0 Å². The van der Waals surface area contributed by atoms with Gasteiger partial charge < -0.3 is 9.67 Å². The third kappa shape index (κ3) is 3.05. The number of aliphatic hydroxyl groups excluding tert-OH is 1. The molecule has 1 unspecified atom stereocenters. The Bertz CT molecular complexity index is 1160. The maximum absolute atomic E-state index is 11.6. The molecule has 132 valence electrons. The normalized spacial score (nSPS) is 13.2. The third-order valence-electron chi connectivity index (χ3n) is 4.19. The van der Waals surface area contributed by atoms with Crippen LogP contribution in [0.25, 0.3) is 16.7 Å². The van der Waals surface area contributed by atoms with E-state index in [-0.39, 0.29) is 4.90 Å². The van der Waals surface area contributed by atoms with Gasteiger partial charge in [-0.05, 0) is 53.9 Å². The number of hydrogen-bond donors (Lipinski definition) is 1. The van der Waals surface area contributed by atoms with Gasteiger partial charge in [0.05, 0.1) is 10.6 Å². The summed E-state index contributed by atoms with van der Waals surface area (Å²) in [5.41, 5.74) is 2.10. The second-order valence-electron chi connectivity index (χ2n) is 6.02. The molecule has 0 amide bonds. The average Bonchev–Trinajstić information content (AvgIpc) is 3.30. The number of pyridine rings is 1. The molecule has 3 heterocycles. The van der Waals surface area contributed by atoms with Crippen molar-refractivity contribution in [2.24, 2.45) is 0 Å². The van der Waals surface area contributed by atoms with Crippen LogP contribution in [0.5, 0.6) is 0 Å². The largest absolute Gasteiger partial charge is 0.381 e. The van der Waals surface area contributed by atoms with Crippen molar-refractivity contribution in [3.05, 3.63) is 76.7 Å². The predicted octanol–water partition coefficient (Wildman–Crippen LogP) is 3.57. The Morgan fingerprint density at radius 3 is 2.50 bits per heavy atom. The Balaban J connectivity index is 1.77. The van der Waals surface area contributed by atoms with E-state index in [1.165, 1.54) is 17.6 Å². The van der Waals surface area contributed by atoms with Crippen molar-refractivity contribution in [3.63, 3.8) is 0 Å². The van der Waals surface area contributed by atoms with Crippen molar-refractivity contribution >= 4 is 32.2 Å². The zero-order valence-electron chi connectivity index (χ0n) is 13.9. The number of aliphatic hydroxyl groups is 1. The standard InChI is InChI=1S/C19H16N2O3S2/c1-26(23,24)15-7-5-14(6-8-15)21-11-10-13-4-9-16(20-19(13)21)18(22)17-3-2-12-25-17/h2-12,18,22H,1H3. The van der Waals surface area contributed by atoms with Gasteiger partial charge in [-0.1, -0.05) is 6.07 Å². The highest BCUT2D eigenvalue weighted by Crippen LogP contribution is 2.27. The highest BCUT2D eigenvalue weighted by Gasteiger charge is 2.15. The topological polar surface area (TPSA) is 72.2 Å². The number of benzene rings is 1. The summed E-state index contributed by atoms with van der Waals surface area (Å²) in [4.78, 5) is 5.76. The molecule has 0 fully saturated rings. The first-order chi connectivity index (χ1) is 12.4. The molecule has 3 aromatic heterocycles. The van der Waals surface area contributed by atoms with E-state index >= 15 is 0 Å². The van der Waals surface area contributed by atoms with Crippen LogP contribution in [0.3, 0.4) is 0 Å². The van der Waals surface area contributed by atoms with Crippen LogP contribution >= 0.6 is 11.3 Å². The van der Waals surface area contributed by atoms with Crippen molar-refractivity contribution in [1.82, 2.24) is 9.55 Å². The van der Waals surface area contributed by atoms with Crippen molar-refractivity contribution in [2.45, 2.75) is 11.0 Å². The smallest absolute Gasteiger partial charge is 0.175 e. The molecule has 0 saturated heterocycles. The van der Waals surface area contributed by atoms with Crippen LogP contribution in [-0.4, -0.2) is 29.3 Å². The summed E-state index contributed by atoms with van der Waals surface area (Å²) in [6, 6.07) is 16.1. The lowest BCUT2D eigenvalue weighted by molar-refractivity contribution is 0.219. The summed E-state index contributed by atoms with van der Waals surface area (Å²) in [5.74, 6) is 0. The van der Waals surface area contributed by atoms with Gasteiger partial charge >= 0.3 is 0 Å². The minimum absolute atomic E-state index is 0.277. The monoisotopic (exact) mass is 384 g/mol. The zero-order chi connectivity index (χ0) is 18.3. The summed E-state index contributed by atoms with van der Waals surface area (Å²) in [7, 11) is -3.23. The molecule has 1 atom stereocenters. The highest BCUT2D eigenvalue weighted by molar-refractivity contribution is 7.90. The number of thiophene rings is 1. The maximum Gasteiger partial charge on any atom is 0.175 e. The molecule has 5 nitrogen and oxygen atoms in total. The average molecular weight is 384 g/mol. The molecule has 4 aromatic rings. The quantitative estimate of drug-likeness (QED) is 0.584. The Morgan fingerprint density at radius 1 is 1.08 bits per heavy atom. The van der Waals surface area contributed by atoms with Crippen LogP contribution in [0.4, 0.5) is 0 Å². The molecule has 1 N–H and O–H groups in total. The van der Waals surface area contributed by atoms with Gasteiger partial charge in [-0.25, -0.2) is 13.4 Å². The van der Waals surface area contributed by atoms with Gasteiger partial charge in [0.15, 0.2) is 9.84 Å². The van der Waals surface area contributed by atoms with E-state index in [4.69, 9.17) is 0 Å². The predicted molar refractivity (Wildman–Crippen MR) is 103 cm³/mol. The molecule has 7 heteroatoms. The summed E-state index contributed by atoms with van der Waals surface area (Å²) < 4.78 is 25.1. The van der Waals surface area contributed by atoms with Gasteiger partial charge in [0.1, 0.15) is 11.8 Å². The van der Waals surface area contributed by atoms with Crippen molar-refractivity contribution in [1.29, 1.82) is 0 Å². The Hall–Kier alpha value is -2.48. The van der Waals surface area contributed by atoms with Crippen molar-refractivity contribution in [3.8, 4) is 5.69 Å². The molecule has 0 radical (unpaired) electrons. The number of nitrogens with zero attached hydrogens (tertiary/aromatic N) is 2. The van der Waals surface area contributed by atoms with Crippen molar-refractivity contribution < 1.29 is 13.5 Å². The van der Waals surface area contributed by atoms with E-state index in [0.717, 1.165) is 16.0 Å². The first kappa shape index (κ1) is 17.0. The van der Waals surface area contributed by atoms with Gasteiger partial charge in [-0.2, -0.15) is 0 Å². The lowest BCUT2D eigenvalue weighted by Gasteiger charge is -2.10. The highest BCUT2D eigenvalue weighted by atomic mass is 32.2. The lowest BCUT2D eigenvalue weighted by Crippen LogP contribution is -2.03. The minimum Gasteiger partial charge on any atom is -0.381 e. The first-order valence-corrected chi connectivity index (χ1v) is 10.7. The molecule has 26 heavy (non-hydrogen) atoms. The fourth-order valence-electron chi connectivity index (χ4n) is 2.83. The Labute approximate surface area is 155 Å². The molecule has 0 spiro atoms. The van der Waals surface area contributed by atoms with E-state index in [0.29, 0.717) is 11.3 Å². The van der Waals surface area contributed by atoms with Crippen LogP contribution in [0.15, 0.2) is 71.1 Å². The summed E-state index contributed by atoms with van der Waals surface area (Å²) >= 11 is 1.48. The number of hydrogen-bond acceptors (Lipinski definition) is 5. The van der Waals surface area contributed by atoms with Crippen LogP contribution in [0.2, 0.25) is 0 Å². The fraction of sp³-hybridized carbons (Fsp3) is 0.105. The Kier molecular flexibility index (Phi) is 4.14. The number of sulfone groups is 1. The molecule has 0 bridgehead atoms.